The lowest BCUT2D eigenvalue weighted by Crippen LogP contribution is -2.42. The molecule has 0 unspecified atom stereocenters. The van der Waals surface area contributed by atoms with Gasteiger partial charge in [0.1, 0.15) is 0 Å². The number of nitrogens with zero attached hydrogens (tertiary/aromatic N) is 5. The highest BCUT2D eigenvalue weighted by molar-refractivity contribution is 14.0. The van der Waals surface area contributed by atoms with E-state index in [-0.39, 0.29) is 29.7 Å². The average Bonchev–Trinajstić information content (AvgIpc) is 3.29. The minimum atomic E-state index is -3.39. The maximum Gasteiger partial charge on any atom is 0.236 e. The molecule has 3 rings (SSSR count). The number of hydrogen-bond donors (Lipinski definition) is 1. The largest absolute Gasteiger partial charge is 0.355 e. The van der Waals surface area contributed by atoms with Gasteiger partial charge in [0.15, 0.2) is 5.96 Å². The van der Waals surface area contributed by atoms with Crippen molar-refractivity contribution in [2.24, 2.45) is 12.0 Å². The smallest absolute Gasteiger partial charge is 0.236 e. The van der Waals surface area contributed by atoms with Gasteiger partial charge in [-0.2, -0.15) is 5.10 Å². The zero-order valence-corrected chi connectivity index (χ0v) is 22.0. The predicted octanol–water partition coefficient (Wildman–Crippen LogP) is 2.56. The molecular weight excluding hydrogens is 527 g/mol. The Morgan fingerprint density at radius 3 is 2.71 bits per heavy atom. The molecule has 8 nitrogen and oxygen atoms in total. The number of benzene rings is 1. The SMILES string of the molecule is CN=C(NCCS(=O)(=O)N1CCc2ccccc21)N(C)Cc1cn(C)nc1C(C)C.I. The Morgan fingerprint density at radius 1 is 1.32 bits per heavy atom. The molecule has 10 heteroatoms. The Bertz CT molecular complexity index is 1020. The molecule has 1 aromatic heterocycles. The molecule has 2 aromatic rings. The number of sulfonamides is 1. The van der Waals surface area contributed by atoms with Crippen LogP contribution in [-0.2, 0) is 30.0 Å². The van der Waals surface area contributed by atoms with Gasteiger partial charge in [0.05, 0.1) is 17.1 Å². The third-order valence-corrected chi connectivity index (χ3v) is 7.06. The van der Waals surface area contributed by atoms with Gasteiger partial charge in [-0.3, -0.25) is 14.0 Å². The van der Waals surface area contributed by atoms with E-state index < -0.39 is 10.0 Å². The van der Waals surface area contributed by atoms with Crippen LogP contribution in [0.4, 0.5) is 5.69 Å². The van der Waals surface area contributed by atoms with Crippen LogP contribution < -0.4 is 9.62 Å². The molecule has 0 fully saturated rings. The number of rotatable bonds is 7. The summed E-state index contributed by atoms with van der Waals surface area (Å²) in [6.45, 7) is 5.70. The van der Waals surface area contributed by atoms with Gasteiger partial charge in [0, 0.05) is 52.5 Å². The van der Waals surface area contributed by atoms with Crippen LogP contribution in [0.5, 0.6) is 0 Å². The van der Waals surface area contributed by atoms with E-state index in [9.17, 15) is 8.42 Å². The first-order chi connectivity index (χ1) is 14.2. The Labute approximate surface area is 202 Å². The van der Waals surface area contributed by atoms with Crippen molar-refractivity contribution in [1.29, 1.82) is 0 Å². The second kappa shape index (κ2) is 10.7. The molecule has 0 aliphatic carbocycles. The van der Waals surface area contributed by atoms with Crippen molar-refractivity contribution in [3.05, 3.63) is 47.3 Å². The topological polar surface area (TPSA) is 82.8 Å². The first-order valence-corrected chi connectivity index (χ1v) is 11.9. The molecular formula is C21H33IN6O2S. The lowest BCUT2D eigenvalue weighted by Gasteiger charge is -2.23. The van der Waals surface area contributed by atoms with Crippen molar-refractivity contribution in [3.63, 3.8) is 0 Å². The Morgan fingerprint density at radius 2 is 2.03 bits per heavy atom. The van der Waals surface area contributed by atoms with Gasteiger partial charge in [0.2, 0.25) is 10.0 Å². The number of hydrogen-bond acceptors (Lipinski definition) is 4. The summed E-state index contributed by atoms with van der Waals surface area (Å²) in [5.74, 6) is 1.00. The number of aliphatic imine (C=N–C) groups is 1. The maximum absolute atomic E-state index is 12.9. The van der Waals surface area contributed by atoms with Crippen molar-refractivity contribution in [1.82, 2.24) is 20.0 Å². The van der Waals surface area contributed by atoms with Crippen LogP contribution in [0.1, 0.15) is 36.6 Å². The van der Waals surface area contributed by atoms with E-state index in [0.717, 1.165) is 28.9 Å². The lowest BCUT2D eigenvalue weighted by molar-refractivity contribution is 0.475. The van der Waals surface area contributed by atoms with Crippen LogP contribution in [-0.4, -0.2) is 62.0 Å². The number of para-hydroxylation sites is 1. The third kappa shape index (κ3) is 5.91. The van der Waals surface area contributed by atoms with Crippen molar-refractivity contribution in [2.45, 2.75) is 32.7 Å². The van der Waals surface area contributed by atoms with Gasteiger partial charge in [0.25, 0.3) is 0 Å². The van der Waals surface area contributed by atoms with Crippen LogP contribution >= 0.6 is 24.0 Å². The zero-order chi connectivity index (χ0) is 21.9. The van der Waals surface area contributed by atoms with Gasteiger partial charge >= 0.3 is 0 Å². The van der Waals surface area contributed by atoms with E-state index in [2.05, 4.69) is 29.3 Å². The van der Waals surface area contributed by atoms with Crippen molar-refractivity contribution in [3.8, 4) is 0 Å². The summed E-state index contributed by atoms with van der Waals surface area (Å²) in [6.07, 6.45) is 2.78. The fraction of sp³-hybridized carbons (Fsp3) is 0.524. The number of fused-ring (bicyclic) bond motifs is 1. The highest BCUT2D eigenvalue weighted by Crippen LogP contribution is 2.29. The third-order valence-electron chi connectivity index (χ3n) is 5.29. The van der Waals surface area contributed by atoms with Gasteiger partial charge in [-0.05, 0) is 24.0 Å². The Kier molecular flexibility index (Phi) is 8.75. The minimum Gasteiger partial charge on any atom is -0.355 e. The molecule has 0 bridgehead atoms. The summed E-state index contributed by atoms with van der Waals surface area (Å²) in [5.41, 5.74) is 4.09. The van der Waals surface area contributed by atoms with Crippen LogP contribution in [0.3, 0.4) is 0 Å². The number of aryl methyl sites for hydroxylation is 1. The number of guanidine groups is 1. The molecule has 2 heterocycles. The lowest BCUT2D eigenvalue weighted by atomic mass is 10.1. The number of aromatic nitrogens is 2. The van der Waals surface area contributed by atoms with Crippen LogP contribution in [0.15, 0.2) is 35.5 Å². The number of anilines is 1. The standard InChI is InChI=1S/C21H32N6O2S.HI/c1-16(2)20-18(15-26(5)24-20)14-25(4)21(22-3)23-11-13-30(28,29)27-12-10-17-8-6-7-9-19(17)27;/h6-9,15-16H,10-14H2,1-5H3,(H,22,23);1H. The first-order valence-electron chi connectivity index (χ1n) is 10.3. The summed E-state index contributed by atoms with van der Waals surface area (Å²) >= 11 is 0. The van der Waals surface area contributed by atoms with E-state index in [1.165, 1.54) is 4.31 Å². The minimum absolute atomic E-state index is 0. The molecule has 31 heavy (non-hydrogen) atoms. The first kappa shape index (κ1) is 25.4. The van der Waals surface area contributed by atoms with E-state index in [1.807, 2.05) is 54.1 Å². The van der Waals surface area contributed by atoms with Crippen LogP contribution in [0.25, 0.3) is 0 Å². The van der Waals surface area contributed by atoms with Crippen molar-refractivity contribution >= 4 is 45.6 Å². The van der Waals surface area contributed by atoms with Crippen LogP contribution in [0.2, 0.25) is 0 Å². The van der Waals surface area contributed by atoms with Crippen molar-refractivity contribution < 1.29 is 8.42 Å². The highest BCUT2D eigenvalue weighted by atomic mass is 127. The molecule has 0 saturated heterocycles. The average molecular weight is 561 g/mol. The normalized spacial score (nSPS) is 13.9. The van der Waals surface area contributed by atoms with E-state index in [0.29, 0.717) is 31.5 Å². The van der Waals surface area contributed by atoms with E-state index in [1.54, 1.807) is 7.05 Å². The molecule has 0 radical (unpaired) electrons. The van der Waals surface area contributed by atoms with Gasteiger partial charge in [-0.25, -0.2) is 8.42 Å². The molecule has 0 amide bonds. The fourth-order valence-corrected chi connectivity index (χ4v) is 5.30. The fourth-order valence-electron chi connectivity index (χ4n) is 3.88. The summed E-state index contributed by atoms with van der Waals surface area (Å²) in [6, 6.07) is 7.69. The molecule has 0 spiro atoms. The molecule has 1 aliphatic heterocycles. The number of halogens is 1. The summed E-state index contributed by atoms with van der Waals surface area (Å²) < 4.78 is 29.1. The van der Waals surface area contributed by atoms with Gasteiger partial charge in [-0.15, -0.1) is 24.0 Å². The zero-order valence-electron chi connectivity index (χ0n) is 18.9. The van der Waals surface area contributed by atoms with Gasteiger partial charge < -0.3 is 10.2 Å². The van der Waals surface area contributed by atoms with Crippen LogP contribution in [0, 0.1) is 0 Å². The van der Waals surface area contributed by atoms with E-state index in [4.69, 9.17) is 0 Å². The molecule has 0 saturated carbocycles. The summed E-state index contributed by atoms with van der Waals surface area (Å²) in [4.78, 5) is 6.30. The summed E-state index contributed by atoms with van der Waals surface area (Å²) in [7, 11) is 2.18. The van der Waals surface area contributed by atoms with E-state index >= 15 is 0 Å². The Balaban J connectivity index is 0.00000341. The highest BCUT2D eigenvalue weighted by Gasteiger charge is 2.28. The molecule has 172 valence electrons. The molecule has 1 aromatic carbocycles. The van der Waals surface area contributed by atoms with Crippen molar-refractivity contribution in [2.75, 3.05) is 37.2 Å². The number of nitrogens with one attached hydrogen (secondary N) is 1. The predicted molar refractivity (Wildman–Crippen MR) is 137 cm³/mol. The Hall–Kier alpha value is -1.82. The second-order valence-electron chi connectivity index (χ2n) is 7.96. The quantitative estimate of drug-likeness (QED) is 0.320. The molecule has 0 atom stereocenters. The van der Waals surface area contributed by atoms with Gasteiger partial charge in [-0.1, -0.05) is 32.0 Å². The maximum atomic E-state index is 12.9. The summed E-state index contributed by atoms with van der Waals surface area (Å²) in [5, 5.41) is 7.74. The second-order valence-corrected chi connectivity index (χ2v) is 9.98. The molecule has 1 N–H and O–H groups in total. The monoisotopic (exact) mass is 560 g/mol. The molecule has 1 aliphatic rings.